The fourth-order valence-electron chi connectivity index (χ4n) is 1.73. The number of methoxy groups -OCH3 is 1. The highest BCUT2D eigenvalue weighted by Crippen LogP contribution is 2.38. The van der Waals surface area contributed by atoms with E-state index in [2.05, 4.69) is 36.8 Å². The fraction of sp³-hybridized carbons (Fsp3) is 0.143. The van der Waals surface area contributed by atoms with Crippen LogP contribution in [0.5, 0.6) is 11.6 Å². The van der Waals surface area contributed by atoms with Crippen molar-refractivity contribution in [2.45, 2.75) is 5.92 Å². The summed E-state index contributed by atoms with van der Waals surface area (Å²) in [6.45, 7) is 0. The van der Waals surface area contributed by atoms with Gasteiger partial charge in [-0.1, -0.05) is 15.9 Å². The maximum absolute atomic E-state index is 14.5. The molecule has 0 atom stereocenters. The van der Waals surface area contributed by atoms with Crippen molar-refractivity contribution in [1.29, 1.82) is 0 Å². The van der Waals surface area contributed by atoms with Crippen molar-refractivity contribution < 1.29 is 23.4 Å². The standard InChI is InChI=1S/C14H9Br2F2NO3/c1-22-11-5-4-9(16)12(19-11)14(17,18)13(21)8-3-2-7(15)6-10(8)20/h2-6,20H,1H3. The summed E-state index contributed by atoms with van der Waals surface area (Å²) in [5.74, 6) is -6.08. The van der Waals surface area contributed by atoms with Crippen LogP contribution in [0.4, 0.5) is 8.78 Å². The van der Waals surface area contributed by atoms with E-state index in [9.17, 15) is 18.7 Å². The molecule has 0 radical (unpaired) electrons. The number of nitrogens with zero attached hydrogens (tertiary/aromatic N) is 1. The molecule has 0 fully saturated rings. The Kier molecular flexibility index (Phi) is 4.81. The molecule has 0 bridgehead atoms. The number of rotatable bonds is 4. The molecule has 0 aliphatic carbocycles. The van der Waals surface area contributed by atoms with E-state index in [0.29, 0.717) is 4.47 Å². The van der Waals surface area contributed by atoms with E-state index in [1.165, 1.54) is 25.3 Å². The summed E-state index contributed by atoms with van der Waals surface area (Å²) in [7, 11) is 1.28. The summed E-state index contributed by atoms with van der Waals surface area (Å²) in [5, 5.41) is 9.70. The molecule has 22 heavy (non-hydrogen) atoms. The summed E-state index contributed by atoms with van der Waals surface area (Å²) in [6.07, 6.45) is 0. The number of aromatic nitrogens is 1. The van der Waals surface area contributed by atoms with E-state index in [1.807, 2.05) is 0 Å². The van der Waals surface area contributed by atoms with Crippen molar-refractivity contribution in [3.8, 4) is 11.6 Å². The molecule has 2 aromatic rings. The van der Waals surface area contributed by atoms with Gasteiger partial charge in [0, 0.05) is 15.0 Å². The minimum atomic E-state index is -3.93. The Morgan fingerprint density at radius 1 is 1.27 bits per heavy atom. The Morgan fingerprint density at radius 2 is 1.95 bits per heavy atom. The van der Waals surface area contributed by atoms with Gasteiger partial charge in [-0.05, 0) is 40.2 Å². The predicted molar refractivity (Wildman–Crippen MR) is 82.5 cm³/mol. The number of phenols is 1. The van der Waals surface area contributed by atoms with E-state index in [4.69, 9.17) is 4.74 Å². The molecular weight excluding hydrogens is 428 g/mol. The fourth-order valence-corrected chi connectivity index (χ4v) is 2.55. The van der Waals surface area contributed by atoms with E-state index in [0.717, 1.165) is 12.1 Å². The Labute approximate surface area is 141 Å². The first kappa shape index (κ1) is 16.8. The Bertz CT molecular complexity index is 738. The number of pyridine rings is 1. The highest BCUT2D eigenvalue weighted by Gasteiger charge is 2.45. The molecule has 116 valence electrons. The topological polar surface area (TPSA) is 59.4 Å². The SMILES string of the molecule is COc1ccc(Br)c(C(F)(F)C(=O)c2ccc(Br)cc2O)n1. The van der Waals surface area contributed by atoms with Crippen LogP contribution < -0.4 is 4.74 Å². The Hall–Kier alpha value is -1.54. The predicted octanol–water partition coefficient (Wildman–Crippen LogP) is 4.30. The lowest BCUT2D eigenvalue weighted by atomic mass is 10.0. The molecule has 0 saturated heterocycles. The number of benzene rings is 1. The van der Waals surface area contributed by atoms with Crippen molar-refractivity contribution in [3.63, 3.8) is 0 Å². The number of carbonyl (C=O) groups excluding carboxylic acids is 1. The van der Waals surface area contributed by atoms with Crippen LogP contribution in [0.25, 0.3) is 0 Å². The summed E-state index contributed by atoms with van der Waals surface area (Å²) in [6, 6.07) is 6.35. The molecule has 1 aromatic carbocycles. The first-order chi connectivity index (χ1) is 10.3. The van der Waals surface area contributed by atoms with Crippen LogP contribution in [-0.4, -0.2) is 23.0 Å². The third-order valence-electron chi connectivity index (χ3n) is 2.82. The normalized spacial score (nSPS) is 11.3. The molecule has 0 saturated carbocycles. The minimum Gasteiger partial charge on any atom is -0.507 e. The second kappa shape index (κ2) is 6.29. The highest BCUT2D eigenvalue weighted by molar-refractivity contribution is 9.10. The number of Topliss-reactive ketones (excluding diaryl/α,β-unsaturated/α-hetero) is 1. The lowest BCUT2D eigenvalue weighted by Crippen LogP contribution is -2.28. The number of aromatic hydroxyl groups is 1. The summed E-state index contributed by atoms with van der Waals surface area (Å²) in [5.41, 5.74) is -1.27. The molecule has 1 N–H and O–H groups in total. The van der Waals surface area contributed by atoms with Gasteiger partial charge in [-0.25, -0.2) is 4.98 Å². The molecule has 1 aromatic heterocycles. The smallest absolute Gasteiger partial charge is 0.352 e. The van der Waals surface area contributed by atoms with Gasteiger partial charge < -0.3 is 9.84 Å². The molecule has 8 heteroatoms. The third kappa shape index (κ3) is 3.12. The van der Waals surface area contributed by atoms with Gasteiger partial charge in [-0.2, -0.15) is 8.78 Å². The monoisotopic (exact) mass is 435 g/mol. The maximum atomic E-state index is 14.5. The lowest BCUT2D eigenvalue weighted by Gasteiger charge is -2.17. The van der Waals surface area contributed by atoms with Crippen LogP contribution in [0.2, 0.25) is 0 Å². The number of alkyl halides is 2. The Balaban J connectivity index is 2.51. The van der Waals surface area contributed by atoms with Crippen LogP contribution in [-0.2, 0) is 5.92 Å². The van der Waals surface area contributed by atoms with E-state index < -0.39 is 28.7 Å². The molecule has 0 aliphatic heterocycles. The number of hydrogen-bond acceptors (Lipinski definition) is 4. The molecule has 1 heterocycles. The van der Waals surface area contributed by atoms with Crippen LogP contribution in [0.3, 0.4) is 0 Å². The van der Waals surface area contributed by atoms with Gasteiger partial charge in [0.15, 0.2) is 0 Å². The van der Waals surface area contributed by atoms with Crippen LogP contribution >= 0.6 is 31.9 Å². The first-order valence-electron chi connectivity index (χ1n) is 5.89. The van der Waals surface area contributed by atoms with Crippen molar-refractivity contribution in [2.75, 3.05) is 7.11 Å². The van der Waals surface area contributed by atoms with Crippen molar-refractivity contribution in [1.82, 2.24) is 4.98 Å². The van der Waals surface area contributed by atoms with Crippen molar-refractivity contribution in [2.24, 2.45) is 0 Å². The van der Waals surface area contributed by atoms with Crippen molar-refractivity contribution in [3.05, 3.63) is 50.5 Å². The third-order valence-corrected chi connectivity index (χ3v) is 3.95. The zero-order valence-electron chi connectivity index (χ0n) is 11.1. The van der Waals surface area contributed by atoms with Crippen LogP contribution in [0.15, 0.2) is 39.3 Å². The van der Waals surface area contributed by atoms with Gasteiger partial charge in [-0.15, -0.1) is 0 Å². The average molecular weight is 437 g/mol. The number of hydrogen-bond donors (Lipinski definition) is 1. The van der Waals surface area contributed by atoms with E-state index >= 15 is 0 Å². The molecule has 4 nitrogen and oxygen atoms in total. The minimum absolute atomic E-state index is 0.0387. The largest absolute Gasteiger partial charge is 0.507 e. The zero-order chi connectivity index (χ0) is 16.5. The van der Waals surface area contributed by atoms with Gasteiger partial charge in [0.1, 0.15) is 11.4 Å². The van der Waals surface area contributed by atoms with Gasteiger partial charge in [-0.3, -0.25) is 4.79 Å². The molecule has 0 spiro atoms. The number of phenolic OH excluding ortho intramolecular Hbond substituents is 1. The second-order valence-electron chi connectivity index (χ2n) is 4.25. The molecule has 0 aliphatic rings. The summed E-state index contributed by atoms with van der Waals surface area (Å²) < 4.78 is 34.2. The average Bonchev–Trinajstić information content (AvgIpc) is 2.47. The molecular formula is C14H9Br2F2NO3. The lowest BCUT2D eigenvalue weighted by molar-refractivity contribution is 0.00363. The molecule has 0 unspecified atom stereocenters. The number of halogens is 4. The van der Waals surface area contributed by atoms with Crippen molar-refractivity contribution >= 4 is 37.6 Å². The zero-order valence-corrected chi connectivity index (χ0v) is 14.3. The van der Waals surface area contributed by atoms with Gasteiger partial charge in [0.2, 0.25) is 11.7 Å². The number of ether oxygens (including phenoxy) is 1. The molecule has 2 rings (SSSR count). The number of carbonyl (C=O) groups is 1. The van der Waals surface area contributed by atoms with E-state index in [1.54, 1.807) is 0 Å². The highest BCUT2D eigenvalue weighted by atomic mass is 79.9. The summed E-state index contributed by atoms with van der Waals surface area (Å²) >= 11 is 6.02. The Morgan fingerprint density at radius 3 is 2.55 bits per heavy atom. The van der Waals surface area contributed by atoms with Crippen LogP contribution in [0.1, 0.15) is 16.1 Å². The van der Waals surface area contributed by atoms with Gasteiger partial charge in [0.05, 0.1) is 12.7 Å². The first-order valence-corrected chi connectivity index (χ1v) is 7.48. The number of ketones is 1. The maximum Gasteiger partial charge on any atom is 0.352 e. The van der Waals surface area contributed by atoms with E-state index in [-0.39, 0.29) is 10.4 Å². The second-order valence-corrected chi connectivity index (χ2v) is 6.02. The molecule has 0 amide bonds. The quantitative estimate of drug-likeness (QED) is 0.726. The summed E-state index contributed by atoms with van der Waals surface area (Å²) in [4.78, 5) is 15.7. The van der Waals surface area contributed by atoms with Gasteiger partial charge in [0.25, 0.3) is 0 Å². The van der Waals surface area contributed by atoms with Crippen LogP contribution in [0, 0.1) is 0 Å². The van der Waals surface area contributed by atoms with Gasteiger partial charge >= 0.3 is 5.92 Å².